The van der Waals surface area contributed by atoms with Crippen molar-refractivity contribution in [3.63, 3.8) is 0 Å². The number of carboxylic acids is 1. The maximum atomic E-state index is 12.6. The van der Waals surface area contributed by atoms with Gasteiger partial charge in [-0.1, -0.05) is 48.5 Å². The molecule has 0 aromatic heterocycles. The van der Waals surface area contributed by atoms with Crippen LogP contribution in [0.1, 0.15) is 17.0 Å². The first-order valence-electron chi connectivity index (χ1n) is 9.62. The summed E-state index contributed by atoms with van der Waals surface area (Å²) < 4.78 is 5.66. The van der Waals surface area contributed by atoms with Gasteiger partial charge in [-0.3, -0.25) is 4.79 Å². The number of aliphatic carboxylic acids is 1. The number of benzene rings is 2. The van der Waals surface area contributed by atoms with Crippen molar-refractivity contribution in [2.45, 2.75) is 5.92 Å². The van der Waals surface area contributed by atoms with Crippen LogP contribution < -0.4 is 5.32 Å². The van der Waals surface area contributed by atoms with Crippen molar-refractivity contribution < 1.29 is 19.4 Å². The summed E-state index contributed by atoms with van der Waals surface area (Å²) in [7, 11) is 0. The van der Waals surface area contributed by atoms with Crippen molar-refractivity contribution in [3.8, 4) is 11.1 Å². The Morgan fingerprint density at radius 2 is 1.68 bits per heavy atom. The second-order valence-electron chi connectivity index (χ2n) is 8.04. The Morgan fingerprint density at radius 1 is 1.07 bits per heavy atom. The van der Waals surface area contributed by atoms with Crippen molar-refractivity contribution >= 4 is 12.1 Å². The van der Waals surface area contributed by atoms with E-state index in [-0.39, 0.29) is 24.0 Å². The minimum atomic E-state index is -0.794. The number of likely N-dealkylation sites (tertiary alicyclic amines) is 1. The highest BCUT2D eigenvalue weighted by Crippen LogP contribution is 2.45. The third-order valence-electron chi connectivity index (χ3n) is 6.47. The number of ether oxygens (including phenoxy) is 1. The number of rotatable bonds is 3. The molecule has 2 heterocycles. The average Bonchev–Trinajstić information content (AvgIpc) is 3.25. The van der Waals surface area contributed by atoms with E-state index in [0.29, 0.717) is 26.2 Å². The largest absolute Gasteiger partial charge is 0.481 e. The van der Waals surface area contributed by atoms with Gasteiger partial charge in [-0.05, 0) is 22.3 Å². The van der Waals surface area contributed by atoms with Gasteiger partial charge in [-0.15, -0.1) is 0 Å². The Kier molecular flexibility index (Phi) is 3.91. The topological polar surface area (TPSA) is 78.9 Å². The van der Waals surface area contributed by atoms with E-state index in [4.69, 9.17) is 4.74 Å². The molecule has 2 aromatic rings. The second-order valence-corrected chi connectivity index (χ2v) is 8.04. The van der Waals surface area contributed by atoms with Gasteiger partial charge in [-0.2, -0.15) is 0 Å². The number of nitrogens with one attached hydrogen (secondary N) is 1. The van der Waals surface area contributed by atoms with Crippen molar-refractivity contribution in [2.24, 2.45) is 11.3 Å². The maximum absolute atomic E-state index is 12.6. The summed E-state index contributed by atoms with van der Waals surface area (Å²) in [6.45, 7) is 2.27. The lowest BCUT2D eigenvalue weighted by molar-refractivity contribution is -0.149. The zero-order valence-electron chi connectivity index (χ0n) is 15.4. The molecule has 3 aliphatic rings. The molecular weight excluding hydrogens is 356 g/mol. The van der Waals surface area contributed by atoms with Gasteiger partial charge in [0, 0.05) is 37.5 Å². The first-order chi connectivity index (χ1) is 13.6. The monoisotopic (exact) mass is 378 g/mol. The zero-order chi connectivity index (χ0) is 19.3. The van der Waals surface area contributed by atoms with Crippen LogP contribution in [0.2, 0.25) is 0 Å². The Bertz CT molecular complexity index is 906. The molecule has 28 heavy (non-hydrogen) atoms. The predicted octanol–water partition coefficient (Wildman–Crippen LogP) is 2.54. The fourth-order valence-corrected chi connectivity index (χ4v) is 5.01. The van der Waals surface area contributed by atoms with Crippen LogP contribution in [-0.2, 0) is 9.53 Å². The molecule has 2 fully saturated rings. The number of hydrogen-bond acceptors (Lipinski definition) is 4. The molecule has 2 aromatic carbocycles. The number of carbonyl (C=O) groups excluding carboxylic acids is 1. The lowest BCUT2D eigenvalue weighted by Gasteiger charge is -2.48. The standard InChI is InChI=1S/C22H22N2O4/c25-20(26)19-9-23-11-22(19)12-24(13-22)21(27)28-10-18-16-7-3-1-5-14(16)15-6-2-4-8-17(15)18/h1-8,18-19,23H,9-13H2,(H,25,26). The van der Waals surface area contributed by atoms with Gasteiger partial charge >= 0.3 is 12.1 Å². The first-order valence-corrected chi connectivity index (χ1v) is 9.62. The third kappa shape index (κ3) is 2.52. The summed E-state index contributed by atoms with van der Waals surface area (Å²) in [5.41, 5.74) is 4.41. The summed E-state index contributed by atoms with van der Waals surface area (Å²) in [4.78, 5) is 25.6. The van der Waals surface area contributed by atoms with E-state index in [1.54, 1.807) is 4.90 Å². The highest BCUT2D eigenvalue weighted by atomic mass is 16.6. The molecule has 0 bridgehead atoms. The van der Waals surface area contributed by atoms with E-state index in [9.17, 15) is 14.7 Å². The molecule has 0 saturated carbocycles. The van der Waals surface area contributed by atoms with Gasteiger partial charge in [-0.25, -0.2) is 4.79 Å². The molecular formula is C22H22N2O4. The summed E-state index contributed by atoms with van der Waals surface area (Å²) in [6, 6.07) is 16.5. The Labute approximate surface area is 163 Å². The van der Waals surface area contributed by atoms with Crippen LogP contribution >= 0.6 is 0 Å². The van der Waals surface area contributed by atoms with E-state index in [1.807, 2.05) is 24.3 Å². The predicted molar refractivity (Wildman–Crippen MR) is 103 cm³/mol. The van der Waals surface area contributed by atoms with Gasteiger partial charge < -0.3 is 20.1 Å². The van der Waals surface area contributed by atoms with Crippen molar-refractivity contribution in [1.29, 1.82) is 0 Å². The molecule has 5 rings (SSSR count). The molecule has 1 atom stereocenters. The SMILES string of the molecule is O=C(O)C1CNCC12CN(C(=O)OCC1c3ccccc3-c3ccccc31)C2. The van der Waals surface area contributed by atoms with Gasteiger partial charge in [0.15, 0.2) is 0 Å². The normalized spacial score (nSPS) is 21.9. The third-order valence-corrected chi connectivity index (χ3v) is 6.47. The Balaban J connectivity index is 1.27. The molecule has 1 spiro atoms. The quantitative estimate of drug-likeness (QED) is 0.858. The number of nitrogens with zero attached hydrogens (tertiary/aromatic N) is 1. The highest BCUT2D eigenvalue weighted by molar-refractivity contribution is 5.79. The van der Waals surface area contributed by atoms with Crippen molar-refractivity contribution in [1.82, 2.24) is 10.2 Å². The number of carbonyl (C=O) groups is 2. The molecule has 2 saturated heterocycles. The molecule has 1 amide bonds. The van der Waals surface area contributed by atoms with Crippen molar-refractivity contribution in [3.05, 3.63) is 59.7 Å². The van der Waals surface area contributed by atoms with E-state index >= 15 is 0 Å². The van der Waals surface area contributed by atoms with Crippen LogP contribution in [0.4, 0.5) is 4.79 Å². The Morgan fingerprint density at radius 3 is 2.29 bits per heavy atom. The minimum absolute atomic E-state index is 0.0338. The van der Waals surface area contributed by atoms with E-state index in [1.165, 1.54) is 22.3 Å². The highest BCUT2D eigenvalue weighted by Gasteiger charge is 2.56. The molecule has 1 unspecified atom stereocenters. The number of hydrogen-bond donors (Lipinski definition) is 2. The van der Waals surface area contributed by atoms with Crippen LogP contribution in [0.3, 0.4) is 0 Å². The molecule has 6 heteroatoms. The fraction of sp³-hybridized carbons (Fsp3) is 0.364. The lowest BCUT2D eigenvalue weighted by Crippen LogP contribution is -2.63. The van der Waals surface area contributed by atoms with Crippen LogP contribution in [0.15, 0.2) is 48.5 Å². The van der Waals surface area contributed by atoms with Gasteiger partial charge in [0.05, 0.1) is 5.92 Å². The van der Waals surface area contributed by atoms with Gasteiger partial charge in [0.25, 0.3) is 0 Å². The van der Waals surface area contributed by atoms with Crippen LogP contribution in [-0.4, -0.2) is 54.9 Å². The average molecular weight is 378 g/mol. The number of carboxylic acid groups (broad SMARTS) is 1. The number of fused-ring (bicyclic) bond motifs is 3. The van der Waals surface area contributed by atoms with E-state index < -0.39 is 11.9 Å². The summed E-state index contributed by atoms with van der Waals surface area (Å²) >= 11 is 0. The molecule has 144 valence electrons. The van der Waals surface area contributed by atoms with E-state index in [2.05, 4.69) is 29.6 Å². The molecule has 1 aliphatic carbocycles. The first kappa shape index (κ1) is 17.3. The van der Waals surface area contributed by atoms with Crippen LogP contribution in [0.5, 0.6) is 0 Å². The Hall–Kier alpha value is -2.86. The molecule has 0 radical (unpaired) electrons. The molecule has 2 N–H and O–H groups in total. The zero-order valence-corrected chi connectivity index (χ0v) is 15.4. The summed E-state index contributed by atoms with van der Waals surface area (Å²) in [6.07, 6.45) is -0.358. The smallest absolute Gasteiger partial charge is 0.409 e. The van der Waals surface area contributed by atoms with Crippen LogP contribution in [0.25, 0.3) is 11.1 Å². The van der Waals surface area contributed by atoms with Crippen molar-refractivity contribution in [2.75, 3.05) is 32.8 Å². The van der Waals surface area contributed by atoms with Gasteiger partial charge in [0.2, 0.25) is 0 Å². The van der Waals surface area contributed by atoms with Crippen LogP contribution in [0, 0.1) is 11.3 Å². The molecule has 6 nitrogen and oxygen atoms in total. The number of amides is 1. The second kappa shape index (κ2) is 6.34. The van der Waals surface area contributed by atoms with E-state index in [0.717, 1.165) is 0 Å². The summed E-state index contributed by atoms with van der Waals surface area (Å²) in [5, 5.41) is 12.5. The maximum Gasteiger partial charge on any atom is 0.409 e. The minimum Gasteiger partial charge on any atom is -0.481 e. The lowest BCUT2D eigenvalue weighted by atomic mass is 9.72. The summed E-state index contributed by atoms with van der Waals surface area (Å²) in [5.74, 6) is -1.20. The molecule has 2 aliphatic heterocycles. The van der Waals surface area contributed by atoms with Gasteiger partial charge in [0.1, 0.15) is 6.61 Å². The fourth-order valence-electron chi connectivity index (χ4n) is 5.01.